The molecule has 3 nitrogen and oxygen atoms in total. The van der Waals surface area contributed by atoms with Gasteiger partial charge >= 0.3 is 0 Å². The summed E-state index contributed by atoms with van der Waals surface area (Å²) < 4.78 is 11.0. The molecule has 0 atom stereocenters. The van der Waals surface area contributed by atoms with Gasteiger partial charge in [0, 0.05) is 13.7 Å². The second kappa shape index (κ2) is 6.33. The number of hydrogen-bond acceptors (Lipinski definition) is 3. The predicted molar refractivity (Wildman–Crippen MR) is 86.2 cm³/mol. The molecule has 0 bridgehead atoms. The lowest BCUT2D eigenvalue weighted by atomic mass is 9.38. The van der Waals surface area contributed by atoms with Gasteiger partial charge in [-0.3, -0.25) is 0 Å². The van der Waals surface area contributed by atoms with E-state index in [0.717, 1.165) is 6.42 Å². The third-order valence-electron chi connectivity index (χ3n) is 3.13. The number of hydrogen-bond donors (Lipinski definition) is 0. The molecule has 0 radical (unpaired) electrons. The average molecular weight is 250 g/mol. The normalized spacial score (nSPS) is 13.4. The van der Waals surface area contributed by atoms with Gasteiger partial charge in [0.15, 0.2) is 0 Å². The smallest absolute Gasteiger partial charge is 0.226 e. The van der Waals surface area contributed by atoms with Gasteiger partial charge in [0.2, 0.25) is 7.28 Å². The number of methoxy groups -OCH3 is 1. The van der Waals surface area contributed by atoms with E-state index in [-0.39, 0.29) is 11.0 Å². The molecule has 0 aromatic carbocycles. The van der Waals surface area contributed by atoms with Crippen LogP contribution in [0.3, 0.4) is 0 Å². The first kappa shape index (κ1) is 17.8. The highest BCUT2D eigenvalue weighted by Gasteiger charge is 2.34. The summed E-state index contributed by atoms with van der Waals surface area (Å²) in [5.41, 5.74) is -0.649. The Morgan fingerprint density at radius 2 is 1.67 bits per heavy atom. The summed E-state index contributed by atoms with van der Waals surface area (Å²) in [6, 6.07) is 0. The van der Waals surface area contributed by atoms with Crippen LogP contribution in [-0.2, 0) is 14.3 Å². The van der Waals surface area contributed by atoms with Crippen molar-refractivity contribution in [3.05, 3.63) is 0 Å². The SMILES string of the molecule is BC(C)(C)CCOC(C)(C)C(=O)BC(B)(B)OC. The van der Waals surface area contributed by atoms with Gasteiger partial charge in [-0.2, -0.15) is 0 Å². The summed E-state index contributed by atoms with van der Waals surface area (Å²) in [4.78, 5) is 12.2. The van der Waals surface area contributed by atoms with Crippen molar-refractivity contribution < 1.29 is 14.3 Å². The van der Waals surface area contributed by atoms with E-state index in [1.54, 1.807) is 7.11 Å². The first-order valence-electron chi connectivity index (χ1n) is 6.62. The van der Waals surface area contributed by atoms with E-state index in [0.29, 0.717) is 13.9 Å². The van der Waals surface area contributed by atoms with Crippen molar-refractivity contribution in [2.75, 3.05) is 13.7 Å². The van der Waals surface area contributed by atoms with E-state index < -0.39 is 10.9 Å². The predicted octanol–water partition coefficient (Wildman–Crippen LogP) is -1.51. The quantitative estimate of drug-likeness (QED) is 0.491. The van der Waals surface area contributed by atoms with Crippen LogP contribution in [0.1, 0.15) is 34.1 Å². The summed E-state index contributed by atoms with van der Waals surface area (Å²) in [5, 5.41) is -0.202. The summed E-state index contributed by atoms with van der Waals surface area (Å²) >= 11 is 0. The Bertz CT molecular complexity index is 285. The molecule has 0 amide bonds. The molecule has 0 aliphatic rings. The molecule has 0 saturated heterocycles. The average Bonchev–Trinajstić information content (AvgIpc) is 2.14. The molecule has 0 fully saturated rings. The summed E-state index contributed by atoms with van der Waals surface area (Å²) in [5.74, 6) is 0. The van der Waals surface area contributed by atoms with Gasteiger partial charge in [0.25, 0.3) is 0 Å². The Labute approximate surface area is 115 Å². The van der Waals surface area contributed by atoms with Crippen molar-refractivity contribution >= 4 is 36.5 Å². The molecular weight excluding hydrogens is 223 g/mol. The van der Waals surface area contributed by atoms with Crippen LogP contribution in [0, 0.1) is 0 Å². The van der Waals surface area contributed by atoms with Crippen LogP contribution in [-0.4, -0.2) is 61.1 Å². The molecule has 0 N–H and O–H groups in total. The van der Waals surface area contributed by atoms with E-state index in [2.05, 4.69) is 21.7 Å². The minimum absolute atomic E-state index is 0.0864. The Hall–Kier alpha value is -0.150. The fourth-order valence-corrected chi connectivity index (χ4v) is 1.36. The van der Waals surface area contributed by atoms with E-state index in [4.69, 9.17) is 9.47 Å². The minimum atomic E-state index is -0.735. The number of rotatable bonds is 8. The maximum atomic E-state index is 12.2. The van der Waals surface area contributed by atoms with Crippen LogP contribution in [0.5, 0.6) is 0 Å². The van der Waals surface area contributed by atoms with E-state index in [1.807, 2.05) is 29.5 Å². The van der Waals surface area contributed by atoms with Gasteiger partial charge in [-0.15, -0.1) is 0 Å². The molecule has 0 unspecified atom stereocenters. The van der Waals surface area contributed by atoms with Gasteiger partial charge in [0.05, 0.1) is 0 Å². The highest BCUT2D eigenvalue weighted by atomic mass is 16.5. The largest absolute Gasteiger partial charge is 0.403 e. The Balaban J connectivity index is 4.32. The molecule has 0 rings (SSSR count). The van der Waals surface area contributed by atoms with Crippen molar-refractivity contribution in [3.8, 4) is 0 Å². The lowest BCUT2D eigenvalue weighted by molar-refractivity contribution is -0.132. The third kappa shape index (κ3) is 7.32. The molecule has 0 saturated carbocycles. The van der Waals surface area contributed by atoms with E-state index >= 15 is 0 Å². The Morgan fingerprint density at radius 3 is 2.06 bits per heavy atom. The lowest BCUT2D eigenvalue weighted by Gasteiger charge is -2.30. The second-order valence-corrected chi connectivity index (χ2v) is 7.23. The zero-order chi connectivity index (χ0) is 14.6. The number of carbonyl (C=O) groups excluding carboxylic acids is 1. The molecule has 0 aromatic heterocycles. The van der Waals surface area contributed by atoms with Gasteiger partial charge < -0.3 is 14.3 Å². The van der Waals surface area contributed by atoms with Gasteiger partial charge in [-0.25, -0.2) is 0 Å². The van der Waals surface area contributed by atoms with Gasteiger partial charge in [0.1, 0.15) is 34.8 Å². The standard InChI is InChI=1S/C11H26B4O3/c1-9(2,12)6-7-18-10(3,4)8(16)15-11(13,14)17-5/h15H,6-7,12-14H2,1-5H3. The Morgan fingerprint density at radius 1 is 1.17 bits per heavy atom. The molecule has 7 heteroatoms. The fraction of sp³-hybridized carbons (Fsp3) is 0.909. The van der Waals surface area contributed by atoms with Crippen molar-refractivity contribution in [1.82, 2.24) is 0 Å². The molecule has 0 spiro atoms. The summed E-state index contributed by atoms with van der Waals surface area (Å²) in [7, 11) is 7.98. The van der Waals surface area contributed by atoms with E-state index in [9.17, 15) is 4.79 Å². The lowest BCUT2D eigenvalue weighted by Crippen LogP contribution is -2.51. The maximum absolute atomic E-state index is 12.2. The van der Waals surface area contributed by atoms with Crippen LogP contribution in [0.15, 0.2) is 0 Å². The molecule has 0 heterocycles. The highest BCUT2D eigenvalue weighted by Crippen LogP contribution is 2.24. The van der Waals surface area contributed by atoms with Crippen LogP contribution in [0.2, 0.25) is 5.31 Å². The molecule has 0 aliphatic carbocycles. The Kier molecular flexibility index (Phi) is 6.28. The molecule has 0 aromatic rings. The molecule has 0 aliphatic heterocycles. The molecule has 18 heavy (non-hydrogen) atoms. The van der Waals surface area contributed by atoms with Crippen molar-refractivity contribution in [3.63, 3.8) is 0 Å². The maximum Gasteiger partial charge on any atom is 0.226 e. The van der Waals surface area contributed by atoms with Crippen molar-refractivity contribution in [2.24, 2.45) is 0 Å². The number of ether oxygens (including phenoxy) is 2. The monoisotopic (exact) mass is 250 g/mol. The summed E-state index contributed by atoms with van der Waals surface area (Å²) in [6.07, 6.45) is 0.942. The first-order chi connectivity index (χ1) is 7.90. The third-order valence-corrected chi connectivity index (χ3v) is 3.13. The van der Waals surface area contributed by atoms with Crippen molar-refractivity contribution in [1.29, 1.82) is 0 Å². The molecule has 100 valence electrons. The highest BCUT2D eigenvalue weighted by molar-refractivity contribution is 6.88. The van der Waals surface area contributed by atoms with Crippen LogP contribution in [0.4, 0.5) is 0 Å². The first-order valence-corrected chi connectivity index (χ1v) is 6.62. The molecular formula is C11H26B4O3. The topological polar surface area (TPSA) is 35.5 Å². The van der Waals surface area contributed by atoms with Crippen LogP contribution >= 0.6 is 0 Å². The summed E-state index contributed by atoms with van der Waals surface area (Å²) in [6.45, 7) is 8.61. The van der Waals surface area contributed by atoms with Crippen LogP contribution < -0.4 is 0 Å². The van der Waals surface area contributed by atoms with Gasteiger partial charge in [-0.1, -0.05) is 19.2 Å². The van der Waals surface area contributed by atoms with Gasteiger partial charge in [-0.05, 0) is 25.6 Å². The van der Waals surface area contributed by atoms with Crippen LogP contribution in [0.25, 0.3) is 0 Å². The minimum Gasteiger partial charge on any atom is -0.403 e. The van der Waals surface area contributed by atoms with E-state index in [1.165, 1.54) is 0 Å². The zero-order valence-corrected chi connectivity index (χ0v) is 13.3. The second-order valence-electron chi connectivity index (χ2n) is 7.23. The fourth-order valence-electron chi connectivity index (χ4n) is 1.36. The zero-order valence-electron chi connectivity index (χ0n) is 13.3. The van der Waals surface area contributed by atoms with Crippen molar-refractivity contribution in [2.45, 2.75) is 50.3 Å². The number of carbonyl (C=O) groups is 1.